The minimum Gasteiger partial charge on any atom is -0.491 e. The molecule has 1 aromatic carbocycles. The van der Waals surface area contributed by atoms with E-state index in [1.54, 1.807) is 0 Å². The van der Waals surface area contributed by atoms with Crippen molar-refractivity contribution in [2.24, 2.45) is 0 Å². The van der Waals surface area contributed by atoms with Crippen LogP contribution in [-0.2, 0) is 0 Å². The number of aliphatic hydroxyl groups is 1. The normalized spacial score (nSPS) is 14.8. The summed E-state index contributed by atoms with van der Waals surface area (Å²) in [6.07, 6.45) is 0.587. The van der Waals surface area contributed by atoms with Gasteiger partial charge in [0.1, 0.15) is 18.0 Å². The van der Waals surface area contributed by atoms with Crippen LogP contribution < -0.4 is 4.74 Å². The van der Waals surface area contributed by atoms with Crippen molar-refractivity contribution in [1.82, 2.24) is 0 Å². The number of ether oxygens (including phenoxy) is 1. The summed E-state index contributed by atoms with van der Waals surface area (Å²) in [5.41, 5.74) is -0.919. The van der Waals surface area contributed by atoms with Gasteiger partial charge in [0, 0.05) is 0 Å². The summed E-state index contributed by atoms with van der Waals surface area (Å²) < 4.78 is 5.42. The quantitative estimate of drug-likeness (QED) is 0.763. The molecule has 0 fully saturated rings. The Kier molecular flexibility index (Phi) is 4.23. The maximum atomic E-state index is 9.83. The Morgan fingerprint density at radius 1 is 1.36 bits per heavy atom. The highest BCUT2D eigenvalue weighted by atomic mass is 35.5. The van der Waals surface area contributed by atoms with Crippen LogP contribution in [0.25, 0.3) is 0 Å². The average Bonchev–Trinajstić information content (AvgIpc) is 2.27. The third kappa shape index (κ3) is 3.20. The lowest BCUT2D eigenvalue weighted by atomic mass is 10.1. The highest BCUT2D eigenvalue weighted by molar-refractivity contribution is 6.18. The van der Waals surface area contributed by atoms with Crippen LogP contribution >= 0.6 is 11.6 Å². The predicted molar refractivity (Wildman–Crippen MR) is 57.9 cm³/mol. The first-order valence-electron chi connectivity index (χ1n) is 4.66. The third-order valence-electron chi connectivity index (χ3n) is 2.16. The first-order valence-corrected chi connectivity index (χ1v) is 5.20. The summed E-state index contributed by atoms with van der Waals surface area (Å²) in [6.45, 7) is 2.12. The van der Waals surface area contributed by atoms with E-state index in [1.165, 1.54) is 0 Å². The second-order valence-corrected chi connectivity index (χ2v) is 3.58. The zero-order valence-corrected chi connectivity index (χ0v) is 9.00. The molecule has 0 saturated carbocycles. The number of halogens is 1. The monoisotopic (exact) mass is 214 g/mol. The molecule has 14 heavy (non-hydrogen) atoms. The fourth-order valence-corrected chi connectivity index (χ4v) is 1.24. The van der Waals surface area contributed by atoms with Gasteiger partial charge in [-0.15, -0.1) is 11.6 Å². The summed E-state index contributed by atoms with van der Waals surface area (Å²) in [7, 11) is 0. The zero-order chi connectivity index (χ0) is 10.4. The van der Waals surface area contributed by atoms with Crippen LogP contribution in [0.3, 0.4) is 0 Å². The third-order valence-corrected chi connectivity index (χ3v) is 2.66. The van der Waals surface area contributed by atoms with E-state index < -0.39 is 5.60 Å². The van der Waals surface area contributed by atoms with Gasteiger partial charge in [0.2, 0.25) is 0 Å². The minimum atomic E-state index is -0.919. The molecule has 2 nitrogen and oxygen atoms in total. The number of alkyl halides is 1. The van der Waals surface area contributed by atoms with Gasteiger partial charge >= 0.3 is 0 Å². The minimum absolute atomic E-state index is 0.191. The second-order valence-electron chi connectivity index (χ2n) is 3.31. The molecule has 0 aliphatic carbocycles. The molecule has 1 atom stereocenters. The van der Waals surface area contributed by atoms with Crippen molar-refractivity contribution in [3.63, 3.8) is 0 Å². The molecule has 0 aromatic heterocycles. The molecule has 0 bridgehead atoms. The van der Waals surface area contributed by atoms with Gasteiger partial charge in [-0.2, -0.15) is 0 Å². The molecule has 0 aliphatic heterocycles. The molecule has 1 unspecified atom stereocenters. The van der Waals surface area contributed by atoms with E-state index in [9.17, 15) is 5.11 Å². The molecule has 1 N–H and O–H groups in total. The Balaban J connectivity index is 2.48. The maximum absolute atomic E-state index is 9.83. The van der Waals surface area contributed by atoms with Crippen LogP contribution in [0.5, 0.6) is 5.75 Å². The number of hydrogen-bond acceptors (Lipinski definition) is 2. The lowest BCUT2D eigenvalue weighted by Crippen LogP contribution is -2.37. The van der Waals surface area contributed by atoms with Crippen LogP contribution in [0.1, 0.15) is 13.3 Å². The molecule has 3 heteroatoms. The first kappa shape index (κ1) is 11.3. The van der Waals surface area contributed by atoms with E-state index in [-0.39, 0.29) is 12.5 Å². The predicted octanol–water partition coefficient (Wildman–Crippen LogP) is 2.45. The molecule has 0 radical (unpaired) electrons. The molecular weight excluding hydrogens is 200 g/mol. The van der Waals surface area contributed by atoms with Gasteiger partial charge in [0.25, 0.3) is 0 Å². The Hall–Kier alpha value is -0.730. The van der Waals surface area contributed by atoms with E-state index in [2.05, 4.69) is 0 Å². The molecule has 0 saturated heterocycles. The molecule has 0 heterocycles. The van der Waals surface area contributed by atoms with Crippen molar-refractivity contribution in [1.29, 1.82) is 0 Å². The van der Waals surface area contributed by atoms with Crippen molar-refractivity contribution in [2.45, 2.75) is 18.9 Å². The number of rotatable bonds is 5. The summed E-state index contributed by atoms with van der Waals surface area (Å²) in [5.74, 6) is 0.945. The largest absolute Gasteiger partial charge is 0.491 e. The van der Waals surface area contributed by atoms with Crippen molar-refractivity contribution >= 4 is 11.6 Å². The number of benzene rings is 1. The van der Waals surface area contributed by atoms with Crippen LogP contribution in [0.15, 0.2) is 30.3 Å². The van der Waals surface area contributed by atoms with Crippen LogP contribution in [0.2, 0.25) is 0 Å². The average molecular weight is 215 g/mol. The Bertz CT molecular complexity index is 257. The van der Waals surface area contributed by atoms with Crippen molar-refractivity contribution in [3.8, 4) is 5.75 Å². The Morgan fingerprint density at radius 3 is 2.50 bits per heavy atom. The van der Waals surface area contributed by atoms with Gasteiger partial charge in [-0.1, -0.05) is 25.1 Å². The van der Waals surface area contributed by atoms with Gasteiger partial charge in [-0.3, -0.25) is 0 Å². The Morgan fingerprint density at radius 2 is 2.00 bits per heavy atom. The van der Waals surface area contributed by atoms with Crippen molar-refractivity contribution in [2.75, 3.05) is 12.5 Å². The van der Waals surface area contributed by atoms with Crippen LogP contribution in [0, 0.1) is 0 Å². The molecule has 1 rings (SSSR count). The highest BCUT2D eigenvalue weighted by Crippen LogP contribution is 2.16. The maximum Gasteiger partial charge on any atom is 0.119 e. The molecule has 1 aromatic rings. The van der Waals surface area contributed by atoms with E-state index in [0.717, 1.165) is 5.75 Å². The topological polar surface area (TPSA) is 29.5 Å². The Labute approximate surface area is 89.5 Å². The lowest BCUT2D eigenvalue weighted by Gasteiger charge is -2.23. The smallest absolute Gasteiger partial charge is 0.119 e. The zero-order valence-electron chi connectivity index (χ0n) is 8.24. The standard InChI is InChI=1S/C11H15ClO2/c1-2-11(13,8-12)9-14-10-6-4-3-5-7-10/h3-7,13H,2,8-9H2,1H3. The van der Waals surface area contributed by atoms with Crippen LogP contribution in [-0.4, -0.2) is 23.2 Å². The fourth-order valence-electron chi connectivity index (χ4n) is 0.970. The highest BCUT2D eigenvalue weighted by Gasteiger charge is 2.24. The molecule has 0 spiro atoms. The summed E-state index contributed by atoms with van der Waals surface area (Å²) in [5, 5.41) is 9.83. The van der Waals surface area contributed by atoms with Gasteiger partial charge in [-0.25, -0.2) is 0 Å². The van der Waals surface area contributed by atoms with E-state index in [4.69, 9.17) is 16.3 Å². The lowest BCUT2D eigenvalue weighted by molar-refractivity contribution is 0.0116. The number of hydrogen-bond donors (Lipinski definition) is 1. The fraction of sp³-hybridized carbons (Fsp3) is 0.455. The van der Waals surface area contributed by atoms with Crippen molar-refractivity contribution < 1.29 is 9.84 Å². The summed E-state index contributed by atoms with van der Waals surface area (Å²) in [6, 6.07) is 9.40. The SMILES string of the molecule is CCC(O)(CCl)COc1ccccc1. The van der Waals surface area contributed by atoms with E-state index >= 15 is 0 Å². The first-order chi connectivity index (χ1) is 6.70. The molecule has 0 aliphatic rings. The summed E-state index contributed by atoms with van der Waals surface area (Å²) >= 11 is 5.65. The van der Waals surface area contributed by atoms with Gasteiger partial charge in [-0.05, 0) is 18.6 Å². The van der Waals surface area contributed by atoms with Crippen LogP contribution in [0.4, 0.5) is 0 Å². The van der Waals surface area contributed by atoms with Gasteiger partial charge in [0.05, 0.1) is 5.88 Å². The van der Waals surface area contributed by atoms with E-state index in [1.807, 2.05) is 37.3 Å². The number of para-hydroxylation sites is 1. The summed E-state index contributed by atoms with van der Waals surface area (Å²) in [4.78, 5) is 0. The molecule has 78 valence electrons. The second kappa shape index (κ2) is 5.23. The molecule has 0 amide bonds. The van der Waals surface area contributed by atoms with Gasteiger partial charge in [0.15, 0.2) is 0 Å². The van der Waals surface area contributed by atoms with E-state index in [0.29, 0.717) is 6.42 Å². The van der Waals surface area contributed by atoms with Gasteiger partial charge < -0.3 is 9.84 Å². The molecular formula is C11H15ClO2. The van der Waals surface area contributed by atoms with Crippen molar-refractivity contribution in [3.05, 3.63) is 30.3 Å².